The van der Waals surface area contributed by atoms with Crippen LogP contribution in [0.1, 0.15) is 29.2 Å². The highest BCUT2D eigenvalue weighted by molar-refractivity contribution is 5.88. The SMILES string of the molecule is C/C(C#N)=C1/c2ccc(CO)cc2COc2c1ccc(F)c2F. The Labute approximate surface area is 132 Å². The van der Waals surface area contributed by atoms with E-state index in [4.69, 9.17) is 4.74 Å². The molecule has 0 atom stereocenters. The standard InChI is InChI=1S/C18H13F2NO2/c1-10(7-21)16-13-3-2-11(8-22)6-12(13)9-23-18-14(16)4-5-15(19)17(18)20/h2-6,22H,8-9H2,1H3/b16-10+. The van der Waals surface area contributed by atoms with Crippen LogP contribution in [0.15, 0.2) is 35.9 Å². The van der Waals surface area contributed by atoms with Crippen molar-refractivity contribution in [2.45, 2.75) is 20.1 Å². The van der Waals surface area contributed by atoms with Gasteiger partial charge in [0.15, 0.2) is 11.6 Å². The van der Waals surface area contributed by atoms with Crippen molar-refractivity contribution in [2.75, 3.05) is 0 Å². The molecular weight excluding hydrogens is 300 g/mol. The van der Waals surface area contributed by atoms with E-state index in [1.165, 1.54) is 6.07 Å². The summed E-state index contributed by atoms with van der Waals surface area (Å²) in [6.07, 6.45) is 0. The zero-order valence-electron chi connectivity index (χ0n) is 12.4. The Balaban J connectivity index is 2.34. The zero-order valence-corrected chi connectivity index (χ0v) is 12.4. The van der Waals surface area contributed by atoms with Crippen molar-refractivity contribution in [3.63, 3.8) is 0 Å². The van der Waals surface area contributed by atoms with E-state index in [1.54, 1.807) is 25.1 Å². The minimum Gasteiger partial charge on any atom is -0.485 e. The molecule has 3 nitrogen and oxygen atoms in total. The van der Waals surface area contributed by atoms with Crippen molar-refractivity contribution in [3.8, 4) is 11.8 Å². The highest BCUT2D eigenvalue weighted by Crippen LogP contribution is 2.40. The number of fused-ring (bicyclic) bond motifs is 2. The Bertz CT molecular complexity index is 866. The van der Waals surface area contributed by atoms with Crippen LogP contribution in [0.4, 0.5) is 8.78 Å². The topological polar surface area (TPSA) is 53.2 Å². The number of aliphatic hydroxyl groups is 1. The molecule has 1 heterocycles. The van der Waals surface area contributed by atoms with Crippen molar-refractivity contribution in [3.05, 3.63) is 69.8 Å². The van der Waals surface area contributed by atoms with E-state index in [9.17, 15) is 19.1 Å². The fourth-order valence-electron chi connectivity index (χ4n) is 2.73. The lowest BCUT2D eigenvalue weighted by atomic mass is 9.90. The normalized spacial score (nSPS) is 14.9. The smallest absolute Gasteiger partial charge is 0.201 e. The second-order valence-corrected chi connectivity index (χ2v) is 5.29. The Kier molecular flexibility index (Phi) is 3.85. The van der Waals surface area contributed by atoms with Gasteiger partial charge in [0.05, 0.1) is 12.7 Å². The number of hydrogen-bond donors (Lipinski definition) is 1. The molecule has 1 N–H and O–H groups in total. The van der Waals surface area contributed by atoms with Crippen LogP contribution in [0.2, 0.25) is 0 Å². The molecular formula is C18H13F2NO2. The van der Waals surface area contributed by atoms with Crippen LogP contribution in [0.25, 0.3) is 5.57 Å². The summed E-state index contributed by atoms with van der Waals surface area (Å²) < 4.78 is 33.1. The molecule has 0 unspecified atom stereocenters. The average molecular weight is 313 g/mol. The maximum Gasteiger partial charge on any atom is 0.201 e. The number of nitrogens with zero attached hydrogens (tertiary/aromatic N) is 1. The van der Waals surface area contributed by atoms with E-state index in [0.29, 0.717) is 33.4 Å². The first-order chi connectivity index (χ1) is 11.1. The largest absolute Gasteiger partial charge is 0.485 e. The lowest BCUT2D eigenvalue weighted by Gasteiger charge is -2.12. The lowest BCUT2D eigenvalue weighted by molar-refractivity contribution is 0.277. The van der Waals surface area contributed by atoms with Crippen LogP contribution >= 0.6 is 0 Å². The summed E-state index contributed by atoms with van der Waals surface area (Å²) in [4.78, 5) is 0. The first-order valence-electron chi connectivity index (χ1n) is 7.02. The number of hydrogen-bond acceptors (Lipinski definition) is 3. The Morgan fingerprint density at radius 2 is 2.00 bits per heavy atom. The molecule has 0 radical (unpaired) electrons. The summed E-state index contributed by atoms with van der Waals surface area (Å²) >= 11 is 0. The van der Waals surface area contributed by atoms with E-state index in [0.717, 1.165) is 6.07 Å². The zero-order chi connectivity index (χ0) is 16.6. The van der Waals surface area contributed by atoms with Crippen LogP contribution in [0.5, 0.6) is 5.75 Å². The van der Waals surface area contributed by atoms with Crippen LogP contribution < -0.4 is 4.74 Å². The van der Waals surface area contributed by atoms with Crippen LogP contribution in [0.3, 0.4) is 0 Å². The van der Waals surface area contributed by atoms with Crippen LogP contribution in [-0.4, -0.2) is 5.11 Å². The Hall–Kier alpha value is -2.71. The number of ether oxygens (including phenoxy) is 1. The monoisotopic (exact) mass is 313 g/mol. The molecule has 0 aliphatic carbocycles. The minimum atomic E-state index is -1.07. The lowest BCUT2D eigenvalue weighted by Crippen LogP contribution is -1.99. The molecule has 0 fully saturated rings. The number of rotatable bonds is 1. The average Bonchev–Trinajstić information content (AvgIpc) is 2.74. The highest BCUT2D eigenvalue weighted by Gasteiger charge is 2.25. The minimum absolute atomic E-state index is 0.0265. The summed E-state index contributed by atoms with van der Waals surface area (Å²) in [5, 5.41) is 18.6. The van der Waals surface area contributed by atoms with Gasteiger partial charge in [-0.05, 0) is 41.8 Å². The summed E-state index contributed by atoms with van der Waals surface area (Å²) in [5.74, 6) is -2.27. The van der Waals surface area contributed by atoms with Gasteiger partial charge in [-0.25, -0.2) is 4.39 Å². The second-order valence-electron chi connectivity index (χ2n) is 5.29. The fraction of sp³-hybridized carbons (Fsp3) is 0.167. The number of allylic oxidation sites excluding steroid dienone is 1. The van der Waals surface area contributed by atoms with Gasteiger partial charge in [0.1, 0.15) is 6.61 Å². The molecule has 23 heavy (non-hydrogen) atoms. The van der Waals surface area contributed by atoms with Gasteiger partial charge >= 0.3 is 0 Å². The molecule has 0 saturated carbocycles. The third-order valence-corrected chi connectivity index (χ3v) is 3.86. The number of benzene rings is 2. The van der Waals surface area contributed by atoms with Gasteiger partial charge in [0.2, 0.25) is 5.82 Å². The van der Waals surface area contributed by atoms with E-state index in [-0.39, 0.29) is 19.0 Å². The summed E-state index contributed by atoms with van der Waals surface area (Å²) in [6.45, 7) is 1.51. The van der Waals surface area contributed by atoms with E-state index < -0.39 is 11.6 Å². The molecule has 116 valence electrons. The number of halogens is 2. The molecule has 0 saturated heterocycles. The second kappa shape index (κ2) is 5.82. The highest BCUT2D eigenvalue weighted by atomic mass is 19.2. The quantitative estimate of drug-likeness (QED) is 0.817. The summed E-state index contributed by atoms with van der Waals surface area (Å²) in [6, 6.07) is 9.73. The number of nitriles is 1. The van der Waals surface area contributed by atoms with E-state index in [1.807, 2.05) is 0 Å². The Morgan fingerprint density at radius 3 is 2.70 bits per heavy atom. The molecule has 0 aromatic heterocycles. The van der Waals surface area contributed by atoms with E-state index in [2.05, 4.69) is 6.07 Å². The molecule has 1 aliphatic rings. The third-order valence-electron chi connectivity index (χ3n) is 3.86. The van der Waals surface area contributed by atoms with Gasteiger partial charge in [-0.2, -0.15) is 9.65 Å². The predicted octanol–water partition coefficient (Wildman–Crippen LogP) is 3.69. The van der Waals surface area contributed by atoms with Gasteiger partial charge < -0.3 is 9.84 Å². The first kappa shape index (κ1) is 15.2. The van der Waals surface area contributed by atoms with Crippen molar-refractivity contribution in [1.82, 2.24) is 0 Å². The summed E-state index contributed by atoms with van der Waals surface area (Å²) in [7, 11) is 0. The van der Waals surface area contributed by atoms with Gasteiger partial charge in [-0.15, -0.1) is 0 Å². The molecule has 3 rings (SSSR count). The number of aliphatic hydroxyl groups excluding tert-OH is 1. The molecule has 0 bridgehead atoms. The molecule has 0 amide bonds. The van der Waals surface area contributed by atoms with Crippen molar-refractivity contribution >= 4 is 5.57 Å². The molecule has 5 heteroatoms. The maximum atomic E-state index is 14.1. The molecule has 1 aliphatic heterocycles. The van der Waals surface area contributed by atoms with Gasteiger partial charge in [-0.1, -0.05) is 12.1 Å². The molecule has 0 spiro atoms. The first-order valence-corrected chi connectivity index (χ1v) is 7.02. The van der Waals surface area contributed by atoms with E-state index >= 15 is 0 Å². The van der Waals surface area contributed by atoms with Crippen molar-refractivity contribution < 1.29 is 18.6 Å². The van der Waals surface area contributed by atoms with Gasteiger partial charge in [0, 0.05) is 16.7 Å². The third kappa shape index (κ3) is 2.47. The molecule has 2 aromatic carbocycles. The van der Waals surface area contributed by atoms with Crippen molar-refractivity contribution in [1.29, 1.82) is 5.26 Å². The van der Waals surface area contributed by atoms with Crippen molar-refractivity contribution in [2.24, 2.45) is 0 Å². The molecule has 2 aromatic rings. The van der Waals surface area contributed by atoms with Gasteiger partial charge in [0.25, 0.3) is 0 Å². The van der Waals surface area contributed by atoms with Crippen LogP contribution in [-0.2, 0) is 13.2 Å². The Morgan fingerprint density at radius 1 is 1.26 bits per heavy atom. The van der Waals surface area contributed by atoms with Crippen LogP contribution in [0, 0.1) is 23.0 Å². The summed E-state index contributed by atoms with van der Waals surface area (Å²) in [5.41, 5.74) is 3.33. The van der Waals surface area contributed by atoms with Gasteiger partial charge in [-0.3, -0.25) is 0 Å². The predicted molar refractivity (Wildman–Crippen MR) is 80.4 cm³/mol. The fourth-order valence-corrected chi connectivity index (χ4v) is 2.73. The maximum absolute atomic E-state index is 14.1.